The lowest BCUT2D eigenvalue weighted by atomic mass is 9.96. The van der Waals surface area contributed by atoms with Crippen LogP contribution in [-0.2, 0) is 9.59 Å². The maximum Gasteiger partial charge on any atom is 0.236 e. The summed E-state index contributed by atoms with van der Waals surface area (Å²) in [4.78, 5) is 28.1. The van der Waals surface area contributed by atoms with Crippen molar-refractivity contribution in [2.24, 2.45) is 11.7 Å². The number of nitrogens with zero attached hydrogens (tertiary/aromatic N) is 2. The largest absolute Gasteiger partial charge is 0.497 e. The van der Waals surface area contributed by atoms with Gasteiger partial charge in [-0.3, -0.25) is 14.5 Å². The van der Waals surface area contributed by atoms with Crippen molar-refractivity contribution in [3.8, 4) is 5.75 Å². The Morgan fingerprint density at radius 2 is 1.80 bits per heavy atom. The smallest absolute Gasteiger partial charge is 0.236 e. The van der Waals surface area contributed by atoms with Crippen LogP contribution in [0.2, 0.25) is 0 Å². The van der Waals surface area contributed by atoms with Crippen molar-refractivity contribution in [1.82, 2.24) is 9.80 Å². The molecule has 2 amide bonds. The Hall–Kier alpha value is -2.08. The first-order valence-corrected chi connectivity index (χ1v) is 9.03. The molecule has 0 aliphatic carbocycles. The van der Waals surface area contributed by atoms with Crippen molar-refractivity contribution in [3.63, 3.8) is 0 Å². The number of likely N-dealkylation sites (tertiary alicyclic amines) is 2. The van der Waals surface area contributed by atoms with Crippen LogP contribution in [0.15, 0.2) is 24.3 Å². The summed E-state index contributed by atoms with van der Waals surface area (Å²) in [6, 6.07) is 8.41. The fraction of sp³-hybridized carbons (Fsp3) is 0.579. The summed E-state index contributed by atoms with van der Waals surface area (Å²) in [6.07, 6.45) is 3.54. The van der Waals surface area contributed by atoms with Gasteiger partial charge in [0.1, 0.15) is 5.75 Å². The number of methoxy groups -OCH3 is 1. The number of carbonyl (C=O) groups is 2. The lowest BCUT2D eigenvalue weighted by Gasteiger charge is -2.33. The molecule has 25 heavy (non-hydrogen) atoms. The summed E-state index contributed by atoms with van der Waals surface area (Å²) in [5, 5.41) is 0. The van der Waals surface area contributed by atoms with Crippen LogP contribution in [0.1, 0.15) is 37.3 Å². The molecule has 2 fully saturated rings. The standard InChI is InChI=1S/C19H27N3O3/c1-25-16-6-4-14(5-7-16)17-3-2-10-22(17)13-18(23)21-11-8-15(9-12-21)19(20)24/h4-7,15,17H,2-3,8-13H2,1H3,(H2,20,24)/t17-/m0/s1. The number of piperidine rings is 1. The zero-order valence-electron chi connectivity index (χ0n) is 14.8. The molecule has 0 aromatic heterocycles. The van der Waals surface area contributed by atoms with Gasteiger partial charge in [0.25, 0.3) is 0 Å². The molecule has 6 nitrogen and oxygen atoms in total. The van der Waals surface area contributed by atoms with Crippen LogP contribution in [0, 0.1) is 5.92 Å². The van der Waals surface area contributed by atoms with E-state index in [1.807, 2.05) is 17.0 Å². The Kier molecular flexibility index (Phi) is 5.58. The fourth-order valence-corrected chi connectivity index (χ4v) is 3.91. The third-order valence-corrected chi connectivity index (χ3v) is 5.45. The van der Waals surface area contributed by atoms with Gasteiger partial charge in [-0.2, -0.15) is 0 Å². The highest BCUT2D eigenvalue weighted by Gasteiger charge is 2.31. The highest BCUT2D eigenvalue weighted by atomic mass is 16.5. The molecule has 0 spiro atoms. The van der Waals surface area contributed by atoms with Gasteiger partial charge >= 0.3 is 0 Å². The highest BCUT2D eigenvalue weighted by molar-refractivity contribution is 5.80. The number of rotatable bonds is 5. The van der Waals surface area contributed by atoms with E-state index in [-0.39, 0.29) is 23.8 Å². The summed E-state index contributed by atoms with van der Waals surface area (Å²) >= 11 is 0. The van der Waals surface area contributed by atoms with Gasteiger partial charge in [0.05, 0.1) is 13.7 Å². The van der Waals surface area contributed by atoms with Gasteiger partial charge in [0, 0.05) is 25.0 Å². The molecule has 2 aliphatic rings. The lowest BCUT2D eigenvalue weighted by Crippen LogP contribution is -2.45. The van der Waals surface area contributed by atoms with Crippen molar-refractivity contribution >= 4 is 11.8 Å². The molecule has 0 saturated carbocycles. The van der Waals surface area contributed by atoms with Crippen molar-refractivity contribution < 1.29 is 14.3 Å². The number of carbonyl (C=O) groups excluding carboxylic acids is 2. The Bertz CT molecular complexity index is 609. The first-order chi connectivity index (χ1) is 12.1. The van der Waals surface area contributed by atoms with Gasteiger partial charge in [0.15, 0.2) is 0 Å². The molecule has 2 N–H and O–H groups in total. The highest BCUT2D eigenvalue weighted by Crippen LogP contribution is 2.32. The Morgan fingerprint density at radius 1 is 1.12 bits per heavy atom. The molecule has 2 aliphatic heterocycles. The van der Waals surface area contributed by atoms with E-state index in [9.17, 15) is 9.59 Å². The van der Waals surface area contributed by atoms with Crippen molar-refractivity contribution in [1.29, 1.82) is 0 Å². The summed E-state index contributed by atoms with van der Waals surface area (Å²) in [5.74, 6) is 0.680. The monoisotopic (exact) mass is 345 g/mol. The molecule has 6 heteroatoms. The van der Waals surface area contributed by atoms with Gasteiger partial charge in [0.2, 0.25) is 11.8 Å². The average Bonchev–Trinajstić information content (AvgIpc) is 3.10. The maximum atomic E-state index is 12.7. The van der Waals surface area contributed by atoms with Crippen LogP contribution in [-0.4, -0.2) is 54.9 Å². The average molecular weight is 345 g/mol. The SMILES string of the molecule is COc1ccc([C@@H]2CCCN2CC(=O)N2CCC(C(N)=O)CC2)cc1. The number of hydrogen-bond acceptors (Lipinski definition) is 4. The number of ether oxygens (including phenoxy) is 1. The zero-order chi connectivity index (χ0) is 17.8. The van der Waals surface area contributed by atoms with Crippen molar-refractivity contribution in [2.45, 2.75) is 31.7 Å². The molecule has 136 valence electrons. The lowest BCUT2D eigenvalue weighted by molar-refractivity contribution is -0.136. The van der Waals surface area contributed by atoms with E-state index in [1.54, 1.807) is 7.11 Å². The number of hydrogen-bond donors (Lipinski definition) is 1. The molecule has 1 atom stereocenters. The van der Waals surface area contributed by atoms with E-state index in [0.717, 1.165) is 25.1 Å². The third kappa shape index (κ3) is 4.12. The molecule has 0 radical (unpaired) electrons. The van der Waals surface area contributed by atoms with Crippen molar-refractivity contribution in [3.05, 3.63) is 29.8 Å². The number of nitrogens with two attached hydrogens (primary N) is 1. The zero-order valence-corrected chi connectivity index (χ0v) is 14.8. The van der Waals surface area contributed by atoms with Crippen LogP contribution >= 0.6 is 0 Å². The summed E-state index contributed by atoms with van der Waals surface area (Å²) < 4.78 is 5.22. The predicted octanol–water partition coefficient (Wildman–Crippen LogP) is 1.56. The van der Waals surface area contributed by atoms with E-state index >= 15 is 0 Å². The normalized spacial score (nSPS) is 22.1. The Balaban J connectivity index is 1.57. The molecule has 0 bridgehead atoms. The second-order valence-electron chi connectivity index (χ2n) is 6.96. The molecule has 1 aromatic rings. The van der Waals surface area contributed by atoms with Gasteiger partial charge in [-0.15, -0.1) is 0 Å². The van der Waals surface area contributed by atoms with E-state index in [2.05, 4.69) is 17.0 Å². The van der Waals surface area contributed by atoms with Crippen LogP contribution in [0.3, 0.4) is 0 Å². The third-order valence-electron chi connectivity index (χ3n) is 5.45. The van der Waals surface area contributed by atoms with Crippen molar-refractivity contribution in [2.75, 3.05) is 33.3 Å². The molecule has 2 saturated heterocycles. The van der Waals surface area contributed by atoms with Crippen LogP contribution < -0.4 is 10.5 Å². The van der Waals surface area contributed by atoms with Crippen LogP contribution in [0.25, 0.3) is 0 Å². The molecule has 0 unspecified atom stereocenters. The van der Waals surface area contributed by atoms with Gasteiger partial charge in [-0.25, -0.2) is 0 Å². The molecule has 3 rings (SSSR count). The van der Waals surface area contributed by atoms with Crippen LogP contribution in [0.4, 0.5) is 0 Å². The van der Waals surface area contributed by atoms with E-state index in [0.29, 0.717) is 32.5 Å². The summed E-state index contributed by atoms with van der Waals surface area (Å²) in [5.41, 5.74) is 6.60. The molecular formula is C19H27N3O3. The minimum absolute atomic E-state index is 0.0807. The minimum atomic E-state index is -0.244. The predicted molar refractivity (Wildman–Crippen MR) is 95.0 cm³/mol. The summed E-state index contributed by atoms with van der Waals surface area (Å²) in [7, 11) is 1.66. The van der Waals surface area contributed by atoms with Gasteiger partial charge in [-0.1, -0.05) is 12.1 Å². The first-order valence-electron chi connectivity index (χ1n) is 9.03. The topological polar surface area (TPSA) is 75.9 Å². The quantitative estimate of drug-likeness (QED) is 0.879. The second kappa shape index (κ2) is 7.87. The Morgan fingerprint density at radius 3 is 2.40 bits per heavy atom. The molecular weight excluding hydrogens is 318 g/mol. The van der Waals surface area contributed by atoms with Gasteiger partial charge < -0.3 is 15.4 Å². The minimum Gasteiger partial charge on any atom is -0.497 e. The van der Waals surface area contributed by atoms with Crippen LogP contribution in [0.5, 0.6) is 5.75 Å². The molecule has 2 heterocycles. The summed E-state index contributed by atoms with van der Waals surface area (Å²) in [6.45, 7) is 2.65. The molecule has 1 aromatic carbocycles. The van der Waals surface area contributed by atoms with E-state index < -0.39 is 0 Å². The Labute approximate surface area is 148 Å². The number of primary amides is 1. The maximum absolute atomic E-state index is 12.7. The fourth-order valence-electron chi connectivity index (χ4n) is 3.91. The van der Waals surface area contributed by atoms with Gasteiger partial charge in [-0.05, 0) is 49.9 Å². The second-order valence-corrected chi connectivity index (χ2v) is 6.96. The number of amides is 2. The van der Waals surface area contributed by atoms with E-state index in [4.69, 9.17) is 10.5 Å². The van der Waals surface area contributed by atoms with E-state index in [1.165, 1.54) is 5.56 Å². The first kappa shape index (κ1) is 17.7. The number of benzene rings is 1.